The zero-order valence-corrected chi connectivity index (χ0v) is 16.5. The van der Waals surface area contributed by atoms with E-state index in [0.29, 0.717) is 5.02 Å². The van der Waals surface area contributed by atoms with Crippen molar-refractivity contribution in [1.29, 1.82) is 0 Å². The Labute approximate surface area is 165 Å². The Morgan fingerprint density at radius 2 is 1.85 bits per heavy atom. The molecule has 0 unspecified atom stereocenters. The van der Waals surface area contributed by atoms with E-state index in [9.17, 15) is 17.6 Å². The number of amidine groups is 1. The maximum atomic E-state index is 13.9. The van der Waals surface area contributed by atoms with E-state index < -0.39 is 21.7 Å². The molecular weight excluding hydrogens is 411 g/mol. The van der Waals surface area contributed by atoms with Crippen LogP contribution in [-0.2, 0) is 14.8 Å². The van der Waals surface area contributed by atoms with Gasteiger partial charge in [-0.25, -0.2) is 4.39 Å². The highest BCUT2D eigenvalue weighted by molar-refractivity contribution is 8.19. The van der Waals surface area contributed by atoms with E-state index in [1.807, 2.05) is 0 Å². The topological polar surface area (TPSA) is 66.8 Å². The van der Waals surface area contributed by atoms with Crippen molar-refractivity contribution in [2.75, 3.05) is 6.54 Å². The Balaban J connectivity index is 1.98. The summed E-state index contributed by atoms with van der Waals surface area (Å²) in [6.07, 6.45) is 1.39. The van der Waals surface area contributed by atoms with E-state index in [1.165, 1.54) is 47.4 Å². The van der Waals surface area contributed by atoms with Crippen LogP contribution in [0.15, 0.2) is 62.7 Å². The van der Waals surface area contributed by atoms with Gasteiger partial charge in [0, 0.05) is 17.1 Å². The Morgan fingerprint density at radius 1 is 1.19 bits per heavy atom. The lowest BCUT2D eigenvalue weighted by atomic mass is 10.2. The first-order chi connectivity index (χ1) is 12.8. The van der Waals surface area contributed by atoms with Gasteiger partial charge in [-0.05, 0) is 55.1 Å². The standard InChI is InChI=1S/C18H14ClFN2O3S2/c1-2-22-17(23)16(11-12-5-3-4-6-15(12)20)26-18(22)21-27(24,25)14-9-7-13(19)8-10-14/h3-11H,2H2,1H3/b16-11-,21-18?. The third-order valence-corrected chi connectivity index (χ3v) is 6.36. The van der Waals surface area contributed by atoms with Crippen LogP contribution in [0.2, 0.25) is 5.02 Å². The molecule has 2 aromatic carbocycles. The van der Waals surface area contributed by atoms with Crippen molar-refractivity contribution in [3.63, 3.8) is 0 Å². The Bertz CT molecular complexity index is 1050. The zero-order valence-electron chi connectivity index (χ0n) is 14.1. The molecule has 1 aliphatic rings. The molecule has 1 saturated heterocycles. The first kappa shape index (κ1) is 19.6. The van der Waals surface area contributed by atoms with E-state index in [0.717, 1.165) is 11.8 Å². The van der Waals surface area contributed by atoms with Crippen LogP contribution in [0.4, 0.5) is 4.39 Å². The van der Waals surface area contributed by atoms with Crippen LogP contribution >= 0.6 is 23.4 Å². The number of thioether (sulfide) groups is 1. The van der Waals surface area contributed by atoms with Gasteiger partial charge in [-0.2, -0.15) is 8.42 Å². The van der Waals surface area contributed by atoms with Crippen LogP contribution < -0.4 is 0 Å². The number of carbonyl (C=O) groups excluding carboxylic acids is 1. The van der Waals surface area contributed by atoms with Crippen molar-refractivity contribution in [2.24, 2.45) is 4.40 Å². The molecule has 3 rings (SSSR count). The largest absolute Gasteiger partial charge is 0.286 e. The number of sulfonamides is 1. The van der Waals surface area contributed by atoms with Crippen molar-refractivity contribution in [3.05, 3.63) is 69.8 Å². The monoisotopic (exact) mass is 424 g/mol. The molecule has 5 nitrogen and oxygen atoms in total. The molecule has 0 N–H and O–H groups in total. The van der Waals surface area contributed by atoms with Gasteiger partial charge in [-0.1, -0.05) is 29.8 Å². The summed E-state index contributed by atoms with van der Waals surface area (Å²) in [7, 11) is -4.02. The lowest BCUT2D eigenvalue weighted by Gasteiger charge is -2.11. The number of hydrogen-bond donors (Lipinski definition) is 0. The number of halogens is 2. The molecule has 9 heteroatoms. The van der Waals surface area contributed by atoms with E-state index in [4.69, 9.17) is 11.6 Å². The van der Waals surface area contributed by atoms with Crippen LogP contribution in [0.1, 0.15) is 12.5 Å². The summed E-state index contributed by atoms with van der Waals surface area (Å²) in [4.78, 5) is 14.0. The quantitative estimate of drug-likeness (QED) is 0.691. The molecule has 2 aromatic rings. The van der Waals surface area contributed by atoms with Gasteiger partial charge in [0.25, 0.3) is 15.9 Å². The molecule has 0 spiro atoms. The Kier molecular flexibility index (Phi) is 5.69. The summed E-state index contributed by atoms with van der Waals surface area (Å²) in [5, 5.41) is 0.428. The van der Waals surface area contributed by atoms with Crippen molar-refractivity contribution < 1.29 is 17.6 Å². The van der Waals surface area contributed by atoms with Crippen molar-refractivity contribution in [3.8, 4) is 0 Å². The smallest absolute Gasteiger partial charge is 0.284 e. The van der Waals surface area contributed by atoms with Gasteiger partial charge < -0.3 is 0 Å². The van der Waals surface area contributed by atoms with Gasteiger partial charge in [-0.3, -0.25) is 9.69 Å². The van der Waals surface area contributed by atoms with Gasteiger partial charge in [0.15, 0.2) is 5.17 Å². The molecule has 0 bridgehead atoms. The van der Waals surface area contributed by atoms with Gasteiger partial charge in [0.05, 0.1) is 9.80 Å². The molecule has 0 aromatic heterocycles. The number of nitrogens with zero attached hydrogens (tertiary/aromatic N) is 2. The fourth-order valence-corrected chi connectivity index (χ4v) is 4.71. The summed E-state index contributed by atoms with van der Waals surface area (Å²) < 4.78 is 42.7. The maximum absolute atomic E-state index is 13.9. The fraction of sp³-hybridized carbons (Fsp3) is 0.111. The number of carbonyl (C=O) groups is 1. The highest BCUT2D eigenvalue weighted by Gasteiger charge is 2.34. The first-order valence-electron chi connectivity index (χ1n) is 7.88. The molecule has 140 valence electrons. The van der Waals surface area contributed by atoms with Crippen LogP contribution in [0.3, 0.4) is 0 Å². The molecule has 1 heterocycles. The van der Waals surface area contributed by atoms with Crippen LogP contribution in [0.5, 0.6) is 0 Å². The number of hydrogen-bond acceptors (Lipinski definition) is 4. The summed E-state index contributed by atoms with van der Waals surface area (Å²) >= 11 is 6.68. The lowest BCUT2D eigenvalue weighted by molar-refractivity contribution is -0.122. The first-order valence-corrected chi connectivity index (χ1v) is 10.5. The minimum atomic E-state index is -4.02. The summed E-state index contributed by atoms with van der Waals surface area (Å²) in [5.41, 5.74) is 0.242. The number of likely N-dealkylation sites (N-methyl/N-ethyl adjacent to an activating group) is 1. The molecule has 0 atom stereocenters. The van der Waals surface area contributed by atoms with Crippen LogP contribution in [0.25, 0.3) is 6.08 Å². The average molecular weight is 425 g/mol. The summed E-state index contributed by atoms with van der Waals surface area (Å²) in [5.74, 6) is -0.892. The average Bonchev–Trinajstić information content (AvgIpc) is 2.91. The maximum Gasteiger partial charge on any atom is 0.284 e. The van der Waals surface area contributed by atoms with Crippen molar-refractivity contribution in [2.45, 2.75) is 11.8 Å². The molecule has 1 amide bonds. The molecule has 0 radical (unpaired) electrons. The second-order valence-electron chi connectivity index (χ2n) is 5.48. The fourth-order valence-electron chi connectivity index (χ4n) is 2.35. The van der Waals surface area contributed by atoms with Gasteiger partial charge in [0.2, 0.25) is 0 Å². The normalized spacial score (nSPS) is 17.9. The molecule has 0 saturated carbocycles. The third-order valence-electron chi connectivity index (χ3n) is 3.71. The molecule has 1 fully saturated rings. The van der Waals surface area contributed by atoms with E-state index in [2.05, 4.69) is 4.40 Å². The zero-order chi connectivity index (χ0) is 19.6. The molecule has 0 aliphatic carbocycles. The number of rotatable bonds is 4. The summed E-state index contributed by atoms with van der Waals surface area (Å²) in [6.45, 7) is 1.93. The number of amides is 1. The van der Waals surface area contributed by atoms with Crippen molar-refractivity contribution >= 4 is 50.5 Å². The predicted octanol–water partition coefficient (Wildman–Crippen LogP) is 4.16. The van der Waals surface area contributed by atoms with Gasteiger partial charge in [0.1, 0.15) is 5.82 Å². The van der Waals surface area contributed by atoms with Gasteiger partial charge >= 0.3 is 0 Å². The van der Waals surface area contributed by atoms with Crippen LogP contribution in [-0.4, -0.2) is 30.9 Å². The second-order valence-corrected chi connectivity index (χ2v) is 8.53. The van der Waals surface area contributed by atoms with E-state index in [1.54, 1.807) is 19.1 Å². The predicted molar refractivity (Wildman–Crippen MR) is 105 cm³/mol. The third kappa shape index (κ3) is 4.23. The minimum Gasteiger partial charge on any atom is -0.286 e. The minimum absolute atomic E-state index is 0.0278. The Morgan fingerprint density at radius 3 is 2.48 bits per heavy atom. The van der Waals surface area contributed by atoms with Crippen molar-refractivity contribution in [1.82, 2.24) is 4.90 Å². The molecule has 27 heavy (non-hydrogen) atoms. The summed E-state index contributed by atoms with van der Waals surface area (Å²) in [6, 6.07) is 11.6. The lowest BCUT2D eigenvalue weighted by Crippen LogP contribution is -2.29. The SMILES string of the molecule is CCN1C(=O)/C(=C/c2ccccc2F)SC1=NS(=O)(=O)c1ccc(Cl)cc1. The second kappa shape index (κ2) is 7.84. The van der Waals surface area contributed by atoms with E-state index >= 15 is 0 Å². The van der Waals surface area contributed by atoms with Gasteiger partial charge in [-0.15, -0.1) is 4.40 Å². The molecular formula is C18H14ClFN2O3S2. The highest BCUT2D eigenvalue weighted by atomic mass is 35.5. The number of benzene rings is 2. The highest BCUT2D eigenvalue weighted by Crippen LogP contribution is 2.34. The van der Waals surface area contributed by atoms with Crippen LogP contribution in [0, 0.1) is 5.82 Å². The van der Waals surface area contributed by atoms with E-state index in [-0.39, 0.29) is 27.1 Å². The molecule has 1 aliphatic heterocycles. The Hall–Kier alpha value is -2.16.